The van der Waals surface area contributed by atoms with Crippen LogP contribution in [0.4, 0.5) is 0 Å². The first-order valence-electron chi connectivity index (χ1n) is 3.60. The normalized spacial score (nSPS) is 19.8. The average Bonchev–Trinajstić information content (AvgIpc) is 2.18. The third kappa shape index (κ3) is 2.65. The summed E-state index contributed by atoms with van der Waals surface area (Å²) in [5, 5.41) is 0.125. The van der Waals surface area contributed by atoms with E-state index in [1.807, 2.05) is 0 Å². The molecule has 4 nitrogen and oxygen atoms in total. The second-order valence-corrected chi connectivity index (χ2v) is 2.87. The third-order valence-electron chi connectivity index (χ3n) is 1.44. The van der Waals surface area contributed by atoms with Crippen LogP contribution in [0, 0.1) is 0 Å². The summed E-state index contributed by atoms with van der Waals surface area (Å²) < 4.78 is 4.93. The van der Waals surface area contributed by atoms with Gasteiger partial charge in [0.25, 0.3) is 0 Å². The highest BCUT2D eigenvalue weighted by atomic mass is 79.9. The lowest BCUT2D eigenvalue weighted by Gasteiger charge is -2.08. The molecule has 0 bridgehead atoms. The maximum Gasteiger partial charge on any atom is 0.336 e. The molecular formula is C8H7BrN2O2. The number of nitrogens with zero attached hydrogens (tertiary/aromatic N) is 2. The molecule has 0 radical (unpaired) electrons. The van der Waals surface area contributed by atoms with E-state index in [2.05, 4.69) is 20.7 Å². The highest BCUT2D eigenvalue weighted by Crippen LogP contribution is 2.04. The van der Waals surface area contributed by atoms with Crippen molar-refractivity contribution in [3.63, 3.8) is 0 Å². The van der Waals surface area contributed by atoms with Crippen molar-refractivity contribution in [1.29, 1.82) is 0 Å². The van der Waals surface area contributed by atoms with E-state index in [0.717, 1.165) is 0 Å². The van der Waals surface area contributed by atoms with Crippen LogP contribution < -0.4 is 0 Å². The molecule has 0 aromatic rings. The molecule has 13 heavy (non-hydrogen) atoms. The van der Waals surface area contributed by atoms with Crippen LogP contribution in [0.25, 0.3) is 5.53 Å². The molecule has 0 aliphatic heterocycles. The third-order valence-corrected chi connectivity index (χ3v) is 1.90. The molecule has 1 aliphatic carbocycles. The van der Waals surface area contributed by atoms with Crippen LogP contribution in [-0.2, 0) is 9.53 Å². The summed E-state index contributed by atoms with van der Waals surface area (Å²) in [7, 11) is 0. The van der Waals surface area contributed by atoms with Crippen LogP contribution in [0.15, 0.2) is 24.3 Å². The number of hydrogen-bond acceptors (Lipinski definition) is 2. The maximum absolute atomic E-state index is 10.9. The molecule has 0 saturated heterocycles. The Labute approximate surface area is 83.6 Å². The summed E-state index contributed by atoms with van der Waals surface area (Å²) in [6.45, 7) is 0. The van der Waals surface area contributed by atoms with E-state index in [1.54, 1.807) is 24.3 Å². The van der Waals surface area contributed by atoms with E-state index < -0.39 is 12.1 Å². The predicted molar refractivity (Wildman–Crippen MR) is 50.6 cm³/mol. The van der Waals surface area contributed by atoms with E-state index in [9.17, 15) is 4.79 Å². The first-order chi connectivity index (χ1) is 6.27. The molecule has 1 aliphatic rings. The Kier molecular flexibility index (Phi) is 3.61. The Balaban J connectivity index is 2.69. The molecule has 0 spiro atoms. The van der Waals surface area contributed by atoms with Crippen molar-refractivity contribution in [3.05, 3.63) is 29.8 Å². The van der Waals surface area contributed by atoms with Crippen molar-refractivity contribution in [1.82, 2.24) is 0 Å². The number of carbonyl (C=O) groups is 1. The van der Waals surface area contributed by atoms with Crippen molar-refractivity contribution < 1.29 is 14.3 Å². The quantitative estimate of drug-likeness (QED) is 0.315. The van der Waals surface area contributed by atoms with Crippen molar-refractivity contribution in [3.8, 4) is 0 Å². The van der Waals surface area contributed by atoms with Gasteiger partial charge in [0.2, 0.25) is 6.10 Å². The molecule has 1 unspecified atom stereocenters. The maximum atomic E-state index is 10.9. The minimum atomic E-state index is -0.583. The molecule has 1 rings (SSSR count). The number of alkyl halides is 1. The minimum absolute atomic E-state index is 0.125. The number of allylic oxidation sites excluding steroid dienone is 2. The minimum Gasteiger partial charge on any atom is -0.445 e. The number of halogens is 1. The summed E-state index contributed by atoms with van der Waals surface area (Å²) >= 11 is 2.96. The fourth-order valence-electron chi connectivity index (χ4n) is 0.876. The van der Waals surface area contributed by atoms with Crippen molar-refractivity contribution in [2.24, 2.45) is 0 Å². The number of ether oxygens (including phenoxy) is 1. The van der Waals surface area contributed by atoms with Crippen LogP contribution in [0.5, 0.6) is 0 Å². The Bertz CT molecular complexity index is 316. The first-order valence-corrected chi connectivity index (χ1v) is 4.72. The number of esters is 1. The Hall–Kier alpha value is -1.19. The van der Waals surface area contributed by atoms with E-state index >= 15 is 0 Å². The van der Waals surface area contributed by atoms with Crippen LogP contribution in [0.3, 0.4) is 0 Å². The summed E-state index contributed by atoms with van der Waals surface area (Å²) in [4.78, 5) is 13.9. The SMILES string of the molecule is [N-]=[N+]=C1C=CC=CC1OC(=O)CBr. The Morgan fingerprint density at radius 2 is 2.46 bits per heavy atom. The lowest BCUT2D eigenvalue weighted by atomic mass is 10.1. The Morgan fingerprint density at radius 3 is 3.08 bits per heavy atom. The zero-order chi connectivity index (χ0) is 9.68. The van der Waals surface area contributed by atoms with Crippen LogP contribution in [-0.4, -0.2) is 27.9 Å². The summed E-state index contributed by atoms with van der Waals surface area (Å²) in [6.07, 6.45) is 6.05. The molecular weight excluding hydrogens is 236 g/mol. The van der Waals surface area contributed by atoms with Crippen molar-refractivity contribution >= 4 is 27.6 Å². The first kappa shape index (κ1) is 9.89. The summed E-state index contributed by atoms with van der Waals surface area (Å²) in [5.41, 5.74) is 8.86. The number of hydrogen-bond donors (Lipinski definition) is 0. The predicted octanol–water partition coefficient (Wildman–Crippen LogP) is 1.09. The van der Waals surface area contributed by atoms with Gasteiger partial charge in [0.05, 0.1) is 0 Å². The molecule has 0 aromatic carbocycles. The van der Waals surface area contributed by atoms with Gasteiger partial charge in [0, 0.05) is 6.08 Å². The van der Waals surface area contributed by atoms with Gasteiger partial charge in [-0.25, -0.2) is 0 Å². The van der Waals surface area contributed by atoms with Gasteiger partial charge >= 0.3 is 11.7 Å². The standard InChI is InChI=1S/C8H7BrN2O2/c9-5-8(12)13-7-4-2-1-3-6(7)11-10/h1-4,7H,5H2. The van der Waals surface area contributed by atoms with Gasteiger partial charge < -0.3 is 10.3 Å². The molecule has 0 aromatic heterocycles. The smallest absolute Gasteiger partial charge is 0.336 e. The lowest BCUT2D eigenvalue weighted by Crippen LogP contribution is -2.26. The largest absolute Gasteiger partial charge is 0.445 e. The molecule has 0 heterocycles. The van der Waals surface area contributed by atoms with Crippen LogP contribution in [0.2, 0.25) is 0 Å². The number of rotatable bonds is 2. The summed E-state index contributed by atoms with van der Waals surface area (Å²) in [5.74, 6) is -0.397. The van der Waals surface area contributed by atoms with E-state index in [4.69, 9.17) is 10.3 Å². The molecule has 1 atom stereocenters. The fraction of sp³-hybridized carbons (Fsp3) is 0.250. The molecule has 0 saturated carbocycles. The second-order valence-electron chi connectivity index (χ2n) is 2.31. The Morgan fingerprint density at radius 1 is 1.69 bits per heavy atom. The van der Waals surface area contributed by atoms with Gasteiger partial charge in [-0.2, -0.15) is 4.79 Å². The molecule has 0 N–H and O–H groups in total. The van der Waals surface area contributed by atoms with Crippen LogP contribution in [0.1, 0.15) is 0 Å². The van der Waals surface area contributed by atoms with Gasteiger partial charge in [-0.15, -0.1) is 0 Å². The highest BCUT2D eigenvalue weighted by molar-refractivity contribution is 9.09. The van der Waals surface area contributed by atoms with Gasteiger partial charge in [-0.05, 0) is 6.08 Å². The van der Waals surface area contributed by atoms with Crippen molar-refractivity contribution in [2.45, 2.75) is 6.10 Å². The summed E-state index contributed by atoms with van der Waals surface area (Å²) in [6, 6.07) is 0. The zero-order valence-electron chi connectivity index (χ0n) is 6.68. The number of carbonyl (C=O) groups excluding carboxylic acids is 1. The van der Waals surface area contributed by atoms with Gasteiger partial charge in [0.1, 0.15) is 5.33 Å². The highest BCUT2D eigenvalue weighted by Gasteiger charge is 2.23. The molecule has 68 valence electrons. The average molecular weight is 243 g/mol. The molecule has 0 fully saturated rings. The van der Waals surface area contributed by atoms with Gasteiger partial charge in [0.15, 0.2) is 0 Å². The van der Waals surface area contributed by atoms with E-state index in [-0.39, 0.29) is 5.33 Å². The van der Waals surface area contributed by atoms with E-state index in [0.29, 0.717) is 5.71 Å². The van der Waals surface area contributed by atoms with E-state index in [1.165, 1.54) is 0 Å². The monoisotopic (exact) mass is 242 g/mol. The topological polar surface area (TPSA) is 62.7 Å². The van der Waals surface area contributed by atoms with Gasteiger partial charge in [-0.3, -0.25) is 4.79 Å². The van der Waals surface area contributed by atoms with Crippen molar-refractivity contribution in [2.75, 3.05) is 5.33 Å². The zero-order valence-corrected chi connectivity index (χ0v) is 8.27. The molecule has 5 heteroatoms. The second kappa shape index (κ2) is 4.74. The molecule has 0 amide bonds. The van der Waals surface area contributed by atoms with Crippen LogP contribution >= 0.6 is 15.9 Å². The lowest BCUT2D eigenvalue weighted by molar-refractivity contribution is -0.142. The van der Waals surface area contributed by atoms with Gasteiger partial charge in [-0.1, -0.05) is 28.1 Å². The fourth-order valence-corrected chi connectivity index (χ4v) is 1.01.